The number of rotatable bonds is 7. The van der Waals surface area contributed by atoms with Crippen molar-refractivity contribution in [2.75, 3.05) is 13.2 Å². The number of ether oxygens (including phenoxy) is 1. The summed E-state index contributed by atoms with van der Waals surface area (Å²) in [7, 11) is -3.66. The molecule has 0 radical (unpaired) electrons. The standard InChI is InChI=1S/C19H25N3O4S/c1-3-26-18-9-8-16(12-14(18)2)27(24,25)20-10-11-22-19(23)13-15-6-4-5-7-17(15)21-22/h8-9,12-13,20H,3-7,10-11H2,1-2H3. The summed E-state index contributed by atoms with van der Waals surface area (Å²) < 4.78 is 34.3. The lowest BCUT2D eigenvalue weighted by molar-refractivity contribution is 0.337. The topological polar surface area (TPSA) is 90.3 Å². The first-order valence-corrected chi connectivity index (χ1v) is 10.7. The van der Waals surface area contributed by atoms with E-state index >= 15 is 0 Å². The SMILES string of the molecule is CCOc1ccc(S(=O)(=O)NCCn2nc3c(cc2=O)CCCC3)cc1C. The lowest BCUT2D eigenvalue weighted by Gasteiger charge is -2.16. The molecule has 3 rings (SSSR count). The Morgan fingerprint density at radius 3 is 2.74 bits per heavy atom. The van der Waals surface area contributed by atoms with E-state index in [0.29, 0.717) is 12.4 Å². The van der Waals surface area contributed by atoms with Crippen LogP contribution in [0.5, 0.6) is 5.75 Å². The van der Waals surface area contributed by atoms with Gasteiger partial charge in [0.15, 0.2) is 0 Å². The molecule has 0 amide bonds. The average Bonchev–Trinajstić information content (AvgIpc) is 2.63. The Bertz CT molecular complexity index is 983. The third-order valence-electron chi connectivity index (χ3n) is 4.65. The minimum atomic E-state index is -3.66. The van der Waals surface area contributed by atoms with E-state index in [9.17, 15) is 13.2 Å². The van der Waals surface area contributed by atoms with Gasteiger partial charge in [-0.2, -0.15) is 5.10 Å². The van der Waals surface area contributed by atoms with Crippen LogP contribution in [-0.2, 0) is 29.4 Å². The van der Waals surface area contributed by atoms with Gasteiger partial charge in [-0.25, -0.2) is 17.8 Å². The van der Waals surface area contributed by atoms with Crippen LogP contribution in [0.2, 0.25) is 0 Å². The molecular formula is C19H25N3O4S. The Labute approximate surface area is 159 Å². The van der Waals surface area contributed by atoms with Gasteiger partial charge in [0.25, 0.3) is 5.56 Å². The van der Waals surface area contributed by atoms with Crippen LogP contribution in [0.1, 0.15) is 36.6 Å². The van der Waals surface area contributed by atoms with Crippen LogP contribution in [0.3, 0.4) is 0 Å². The summed E-state index contributed by atoms with van der Waals surface area (Å²) in [5.74, 6) is 0.668. The van der Waals surface area contributed by atoms with Gasteiger partial charge in [0.1, 0.15) is 5.75 Å². The van der Waals surface area contributed by atoms with Crippen molar-refractivity contribution in [3.05, 3.63) is 51.4 Å². The molecule has 0 saturated heterocycles. The number of nitrogens with one attached hydrogen (secondary N) is 1. The Morgan fingerprint density at radius 1 is 1.22 bits per heavy atom. The molecule has 0 bridgehead atoms. The fraction of sp³-hybridized carbons (Fsp3) is 0.474. The second-order valence-corrected chi connectivity index (χ2v) is 8.41. The van der Waals surface area contributed by atoms with E-state index in [0.717, 1.165) is 42.5 Å². The second-order valence-electron chi connectivity index (χ2n) is 6.64. The van der Waals surface area contributed by atoms with Gasteiger partial charge in [0.2, 0.25) is 10.0 Å². The van der Waals surface area contributed by atoms with Crippen LogP contribution in [0, 0.1) is 6.92 Å². The molecule has 0 spiro atoms. The zero-order valence-corrected chi connectivity index (χ0v) is 16.5. The van der Waals surface area contributed by atoms with Gasteiger partial charge in [0.05, 0.1) is 23.7 Å². The highest BCUT2D eigenvalue weighted by molar-refractivity contribution is 7.89. The summed E-state index contributed by atoms with van der Waals surface area (Å²) in [6, 6.07) is 6.38. The van der Waals surface area contributed by atoms with E-state index in [1.54, 1.807) is 25.1 Å². The molecule has 8 heteroatoms. The van der Waals surface area contributed by atoms with Crippen LogP contribution in [-0.4, -0.2) is 31.3 Å². The molecule has 1 aromatic carbocycles. The molecule has 2 aromatic rings. The van der Waals surface area contributed by atoms with Crippen LogP contribution in [0.25, 0.3) is 0 Å². The fourth-order valence-electron chi connectivity index (χ4n) is 3.24. The van der Waals surface area contributed by atoms with E-state index < -0.39 is 10.0 Å². The number of hydrogen-bond acceptors (Lipinski definition) is 5. The van der Waals surface area contributed by atoms with E-state index in [2.05, 4.69) is 9.82 Å². The number of sulfonamides is 1. The number of aromatic nitrogens is 2. The van der Waals surface area contributed by atoms with Gasteiger partial charge >= 0.3 is 0 Å². The molecule has 1 heterocycles. The van der Waals surface area contributed by atoms with Gasteiger partial charge in [0, 0.05) is 12.6 Å². The number of benzene rings is 1. The van der Waals surface area contributed by atoms with Crippen molar-refractivity contribution in [1.29, 1.82) is 0 Å². The Hall–Kier alpha value is -2.19. The van der Waals surface area contributed by atoms with Crippen molar-refractivity contribution in [2.45, 2.75) is 51.0 Å². The number of aryl methyl sites for hydroxylation is 3. The van der Waals surface area contributed by atoms with Crippen molar-refractivity contribution in [2.24, 2.45) is 0 Å². The zero-order valence-electron chi connectivity index (χ0n) is 15.7. The van der Waals surface area contributed by atoms with Crippen LogP contribution >= 0.6 is 0 Å². The maximum atomic E-state index is 12.5. The monoisotopic (exact) mass is 391 g/mol. The lowest BCUT2D eigenvalue weighted by Crippen LogP contribution is -2.33. The van der Waals surface area contributed by atoms with E-state index in [4.69, 9.17) is 4.74 Å². The molecular weight excluding hydrogens is 366 g/mol. The van der Waals surface area contributed by atoms with Gasteiger partial charge in [-0.1, -0.05) is 0 Å². The molecule has 0 saturated carbocycles. The van der Waals surface area contributed by atoms with Crippen LogP contribution in [0.4, 0.5) is 0 Å². The summed E-state index contributed by atoms with van der Waals surface area (Å²) in [5, 5.41) is 4.40. The summed E-state index contributed by atoms with van der Waals surface area (Å²) in [6.45, 7) is 4.50. The minimum absolute atomic E-state index is 0.0975. The molecule has 27 heavy (non-hydrogen) atoms. The normalized spacial score (nSPS) is 14.0. The summed E-state index contributed by atoms with van der Waals surface area (Å²) in [5.41, 5.74) is 2.54. The largest absolute Gasteiger partial charge is 0.494 e. The molecule has 0 fully saturated rings. The number of nitrogens with zero attached hydrogens (tertiary/aromatic N) is 2. The van der Waals surface area contributed by atoms with E-state index in [1.807, 2.05) is 6.92 Å². The Balaban J connectivity index is 1.68. The first-order chi connectivity index (χ1) is 12.9. The molecule has 1 aromatic heterocycles. The predicted octanol–water partition coefficient (Wildman–Crippen LogP) is 1.81. The lowest BCUT2D eigenvalue weighted by atomic mass is 9.97. The smallest absolute Gasteiger partial charge is 0.267 e. The molecule has 0 aliphatic heterocycles. The predicted molar refractivity (Wildman–Crippen MR) is 103 cm³/mol. The Morgan fingerprint density at radius 2 is 2.00 bits per heavy atom. The van der Waals surface area contributed by atoms with Crippen molar-refractivity contribution in [1.82, 2.24) is 14.5 Å². The van der Waals surface area contributed by atoms with Gasteiger partial charge in [-0.05, 0) is 68.9 Å². The first kappa shape index (κ1) is 19.6. The van der Waals surface area contributed by atoms with E-state index in [-0.39, 0.29) is 23.5 Å². The zero-order chi connectivity index (χ0) is 19.4. The molecule has 0 unspecified atom stereocenters. The average molecular weight is 391 g/mol. The third-order valence-corrected chi connectivity index (χ3v) is 6.10. The van der Waals surface area contributed by atoms with Crippen molar-refractivity contribution >= 4 is 10.0 Å². The first-order valence-electron chi connectivity index (χ1n) is 9.24. The third kappa shape index (κ3) is 4.56. The molecule has 7 nitrogen and oxygen atoms in total. The summed E-state index contributed by atoms with van der Waals surface area (Å²) in [6.07, 6.45) is 3.91. The van der Waals surface area contributed by atoms with Gasteiger partial charge in [-0.3, -0.25) is 4.79 Å². The Kier molecular flexibility index (Phi) is 5.96. The molecule has 146 valence electrons. The number of fused-ring (bicyclic) bond motifs is 1. The second kappa shape index (κ2) is 8.22. The maximum Gasteiger partial charge on any atom is 0.267 e. The molecule has 1 aliphatic rings. The number of hydrogen-bond donors (Lipinski definition) is 1. The summed E-state index contributed by atoms with van der Waals surface area (Å²) in [4.78, 5) is 12.3. The van der Waals surface area contributed by atoms with Crippen LogP contribution < -0.4 is 15.0 Å². The quantitative estimate of drug-likeness (QED) is 0.777. The van der Waals surface area contributed by atoms with Crippen molar-refractivity contribution in [3.63, 3.8) is 0 Å². The maximum absolute atomic E-state index is 12.5. The van der Waals surface area contributed by atoms with Gasteiger partial charge < -0.3 is 4.74 Å². The minimum Gasteiger partial charge on any atom is -0.494 e. The summed E-state index contributed by atoms with van der Waals surface area (Å²) >= 11 is 0. The highest BCUT2D eigenvalue weighted by Gasteiger charge is 2.16. The molecule has 1 N–H and O–H groups in total. The highest BCUT2D eigenvalue weighted by atomic mass is 32.2. The van der Waals surface area contributed by atoms with E-state index in [1.165, 1.54) is 10.7 Å². The van der Waals surface area contributed by atoms with Crippen molar-refractivity contribution < 1.29 is 13.2 Å². The molecule has 1 aliphatic carbocycles. The van der Waals surface area contributed by atoms with Crippen molar-refractivity contribution in [3.8, 4) is 5.75 Å². The fourth-order valence-corrected chi connectivity index (χ4v) is 4.34. The highest BCUT2D eigenvalue weighted by Crippen LogP contribution is 2.21. The molecule has 0 atom stereocenters. The van der Waals surface area contributed by atoms with Gasteiger partial charge in [-0.15, -0.1) is 0 Å². The van der Waals surface area contributed by atoms with Crippen LogP contribution in [0.15, 0.2) is 34.0 Å².